The van der Waals surface area contributed by atoms with Gasteiger partial charge in [0.2, 0.25) is 0 Å². The van der Waals surface area contributed by atoms with Crippen LogP contribution in [0.3, 0.4) is 0 Å². The molecule has 1 aliphatic carbocycles. The molecule has 0 fully saturated rings. The van der Waals surface area contributed by atoms with Gasteiger partial charge < -0.3 is 10.2 Å². The van der Waals surface area contributed by atoms with Crippen molar-refractivity contribution in [1.29, 1.82) is 0 Å². The third-order valence-electron chi connectivity index (χ3n) is 5.55. The first-order valence-corrected chi connectivity index (χ1v) is 10.3. The first kappa shape index (κ1) is 23.1. The summed E-state index contributed by atoms with van der Waals surface area (Å²) >= 11 is 0. The van der Waals surface area contributed by atoms with Gasteiger partial charge in [-0.05, 0) is 78.1 Å². The normalized spacial score (nSPS) is 14.2. The average molecular weight is 437 g/mol. The van der Waals surface area contributed by atoms with Gasteiger partial charge in [-0.3, -0.25) is 10.1 Å². The molecule has 3 aromatic rings. The molecule has 0 spiro atoms. The number of halogens is 1. The maximum atomic E-state index is 13.5. The summed E-state index contributed by atoms with van der Waals surface area (Å²) in [6.07, 6.45) is 3.48. The summed E-state index contributed by atoms with van der Waals surface area (Å²) in [7, 11) is 0. The maximum absolute atomic E-state index is 13.5. The number of benzene rings is 3. The van der Waals surface area contributed by atoms with Crippen LogP contribution >= 0.6 is 0 Å². The van der Waals surface area contributed by atoms with E-state index in [1.165, 1.54) is 28.8 Å². The van der Waals surface area contributed by atoms with Gasteiger partial charge >= 0.3 is 5.97 Å². The van der Waals surface area contributed by atoms with Crippen molar-refractivity contribution in [3.05, 3.63) is 110 Å². The largest absolute Gasteiger partial charge is 0.478 e. The number of aliphatic hydroxyl groups is 1. The summed E-state index contributed by atoms with van der Waals surface area (Å²) in [5, 5.41) is 27.7. The van der Waals surface area contributed by atoms with Gasteiger partial charge in [-0.1, -0.05) is 30.3 Å². The van der Waals surface area contributed by atoms with Crippen molar-refractivity contribution in [2.45, 2.75) is 31.6 Å². The van der Waals surface area contributed by atoms with E-state index in [-0.39, 0.29) is 23.7 Å². The van der Waals surface area contributed by atoms with E-state index in [1.807, 2.05) is 6.07 Å². The number of carbonyl (C=O) groups is 1. The second-order valence-corrected chi connectivity index (χ2v) is 7.66. The molecule has 166 valence electrons. The molecule has 0 amide bonds. The second kappa shape index (κ2) is 10.6. The molecule has 0 aliphatic heterocycles. The average Bonchev–Trinajstić information content (AvgIpc) is 2.94. The summed E-state index contributed by atoms with van der Waals surface area (Å²) < 4.78 is 13.5. The minimum Gasteiger partial charge on any atom is -0.478 e. The number of hydrogen-bond acceptors (Lipinski definition) is 4. The van der Waals surface area contributed by atoms with Crippen molar-refractivity contribution in [2.24, 2.45) is 0 Å². The van der Waals surface area contributed by atoms with E-state index in [1.54, 1.807) is 12.1 Å². The minimum atomic E-state index is -1.09. The Labute approximate surface area is 185 Å². The van der Waals surface area contributed by atoms with Crippen molar-refractivity contribution in [1.82, 2.24) is 0 Å². The Morgan fingerprint density at radius 1 is 1.03 bits per heavy atom. The molecule has 3 aromatic carbocycles. The zero-order chi connectivity index (χ0) is 23.1. The molecule has 0 heterocycles. The fourth-order valence-corrected chi connectivity index (χ4v) is 3.95. The van der Waals surface area contributed by atoms with Crippen molar-refractivity contribution in [2.75, 3.05) is 6.61 Å². The number of nitrogens with zero attached hydrogens (tertiary/aromatic N) is 1. The summed E-state index contributed by atoms with van der Waals surface area (Å²) in [6, 6.07) is 18.3. The molecule has 0 bridgehead atoms. The number of non-ortho nitro benzene ring substituents is 1. The smallest absolute Gasteiger partial charge is 0.335 e. The first-order valence-electron chi connectivity index (χ1n) is 10.3. The summed E-state index contributed by atoms with van der Waals surface area (Å²) in [4.78, 5) is 19.9. The number of rotatable bonds is 5. The van der Waals surface area contributed by atoms with E-state index < -0.39 is 10.9 Å². The number of fused-ring (bicyclic) bond motifs is 2. The molecule has 32 heavy (non-hydrogen) atoms. The highest BCUT2D eigenvalue weighted by atomic mass is 19.1. The Balaban J connectivity index is 0.000000207. The molecule has 0 saturated carbocycles. The SMILES string of the molecule is O=C(O)c1ccc([N+](=O)[O-])cc1.OCCC[C@H]1Cc2cc(F)ccc2Cc2ccccc21. The van der Waals surface area contributed by atoms with Gasteiger partial charge in [-0.2, -0.15) is 0 Å². The standard InChI is InChI=1S/C18H19FO.C7H5NO4/c19-17-8-7-13-10-14-4-1-2-6-18(14)15(5-3-9-20)11-16(13)12-17;9-7(10)5-1-3-6(4-2-5)8(11)12/h1-2,4,6-8,12,15,20H,3,5,9-11H2;1-4H,(H,9,10)/t15-;/m0./s1. The summed E-state index contributed by atoms with van der Waals surface area (Å²) in [5.74, 6) is -0.873. The number of nitro benzene ring substituents is 1. The van der Waals surface area contributed by atoms with E-state index in [4.69, 9.17) is 10.2 Å². The van der Waals surface area contributed by atoms with Gasteiger partial charge in [0.15, 0.2) is 0 Å². The lowest BCUT2D eigenvalue weighted by atomic mass is 9.88. The Hall–Kier alpha value is -3.58. The highest BCUT2D eigenvalue weighted by Crippen LogP contribution is 2.34. The van der Waals surface area contributed by atoms with Gasteiger partial charge in [0.25, 0.3) is 5.69 Å². The van der Waals surface area contributed by atoms with Crippen LogP contribution < -0.4 is 0 Å². The van der Waals surface area contributed by atoms with Crippen LogP contribution in [0.1, 0.15) is 51.4 Å². The molecule has 1 aliphatic rings. The van der Waals surface area contributed by atoms with Crippen LogP contribution in [0.4, 0.5) is 10.1 Å². The van der Waals surface area contributed by atoms with Gasteiger partial charge in [0.1, 0.15) is 5.82 Å². The van der Waals surface area contributed by atoms with Crippen LogP contribution in [-0.2, 0) is 12.8 Å². The Bertz CT molecular complexity index is 1060. The molecule has 4 rings (SSSR count). The Morgan fingerprint density at radius 2 is 1.75 bits per heavy atom. The number of carboxylic acids is 1. The number of carboxylic acid groups (broad SMARTS) is 1. The van der Waals surface area contributed by atoms with E-state index in [0.29, 0.717) is 5.92 Å². The Kier molecular flexibility index (Phi) is 7.68. The molecule has 0 radical (unpaired) electrons. The van der Waals surface area contributed by atoms with Crippen molar-refractivity contribution < 1.29 is 24.3 Å². The van der Waals surface area contributed by atoms with Crippen LogP contribution in [0.5, 0.6) is 0 Å². The number of hydrogen-bond donors (Lipinski definition) is 2. The first-order chi connectivity index (χ1) is 15.4. The van der Waals surface area contributed by atoms with Crippen LogP contribution in [-0.4, -0.2) is 27.7 Å². The van der Waals surface area contributed by atoms with E-state index in [0.717, 1.165) is 43.4 Å². The van der Waals surface area contributed by atoms with E-state index in [2.05, 4.69) is 24.3 Å². The van der Waals surface area contributed by atoms with Crippen molar-refractivity contribution in [3.63, 3.8) is 0 Å². The highest BCUT2D eigenvalue weighted by Gasteiger charge is 2.21. The zero-order valence-electron chi connectivity index (χ0n) is 17.4. The second-order valence-electron chi connectivity index (χ2n) is 7.66. The van der Waals surface area contributed by atoms with Gasteiger partial charge in [0.05, 0.1) is 10.5 Å². The molecule has 6 nitrogen and oxygen atoms in total. The van der Waals surface area contributed by atoms with Crippen LogP contribution in [0.25, 0.3) is 0 Å². The number of nitro groups is 1. The van der Waals surface area contributed by atoms with Crippen LogP contribution in [0.2, 0.25) is 0 Å². The Morgan fingerprint density at radius 3 is 2.41 bits per heavy atom. The van der Waals surface area contributed by atoms with Crippen LogP contribution in [0, 0.1) is 15.9 Å². The number of aromatic carboxylic acids is 1. The third-order valence-corrected chi connectivity index (χ3v) is 5.55. The van der Waals surface area contributed by atoms with Gasteiger partial charge in [-0.25, -0.2) is 9.18 Å². The minimum absolute atomic E-state index is 0.0422. The lowest BCUT2D eigenvalue weighted by molar-refractivity contribution is -0.384. The molecular weight excluding hydrogens is 413 g/mol. The highest BCUT2D eigenvalue weighted by molar-refractivity contribution is 5.87. The summed E-state index contributed by atoms with van der Waals surface area (Å²) in [5.41, 5.74) is 4.97. The molecule has 0 aromatic heterocycles. The summed E-state index contributed by atoms with van der Waals surface area (Å²) in [6.45, 7) is 0.217. The topological polar surface area (TPSA) is 101 Å². The van der Waals surface area contributed by atoms with Crippen molar-refractivity contribution in [3.8, 4) is 0 Å². The fraction of sp³-hybridized carbons (Fsp3) is 0.240. The predicted octanol–water partition coefficient (Wildman–Crippen LogP) is 5.12. The molecule has 0 saturated heterocycles. The quantitative estimate of drug-likeness (QED) is 0.426. The van der Waals surface area contributed by atoms with E-state index in [9.17, 15) is 19.3 Å². The molecular formula is C25H24FNO5. The number of aliphatic hydroxyl groups excluding tert-OH is 1. The van der Waals surface area contributed by atoms with Gasteiger partial charge in [-0.15, -0.1) is 0 Å². The maximum Gasteiger partial charge on any atom is 0.335 e. The van der Waals surface area contributed by atoms with Crippen molar-refractivity contribution >= 4 is 11.7 Å². The lowest BCUT2D eigenvalue weighted by Crippen LogP contribution is -2.05. The molecule has 7 heteroatoms. The fourth-order valence-electron chi connectivity index (χ4n) is 3.95. The van der Waals surface area contributed by atoms with Crippen LogP contribution in [0.15, 0.2) is 66.7 Å². The predicted molar refractivity (Wildman–Crippen MR) is 118 cm³/mol. The molecule has 0 unspecified atom stereocenters. The zero-order valence-corrected chi connectivity index (χ0v) is 17.4. The van der Waals surface area contributed by atoms with Gasteiger partial charge in [0, 0.05) is 18.7 Å². The molecule has 2 N–H and O–H groups in total. The molecule has 1 atom stereocenters. The van der Waals surface area contributed by atoms with E-state index >= 15 is 0 Å². The third kappa shape index (κ3) is 5.76. The monoisotopic (exact) mass is 437 g/mol. The lowest BCUT2D eigenvalue weighted by Gasteiger charge is -2.17.